The fourth-order valence-electron chi connectivity index (χ4n) is 4.47. The number of benzene rings is 3. The predicted molar refractivity (Wildman–Crippen MR) is 133 cm³/mol. The zero-order valence-corrected chi connectivity index (χ0v) is 18.3. The Morgan fingerprint density at radius 1 is 0.848 bits per heavy atom. The first kappa shape index (κ1) is 19.5. The van der Waals surface area contributed by atoms with Crippen LogP contribution in [-0.4, -0.2) is 30.3 Å². The molecule has 0 aliphatic carbocycles. The Bertz CT molecular complexity index is 1340. The summed E-state index contributed by atoms with van der Waals surface area (Å²) in [5.41, 5.74) is 4.57. The van der Waals surface area contributed by atoms with Gasteiger partial charge in [0.05, 0.1) is 6.67 Å². The van der Waals surface area contributed by atoms with Gasteiger partial charge in [0.2, 0.25) is 5.88 Å². The van der Waals surface area contributed by atoms with Crippen LogP contribution in [0.5, 0.6) is 23.1 Å². The molecule has 33 heavy (non-hydrogen) atoms. The molecule has 2 aliphatic rings. The van der Waals surface area contributed by atoms with Crippen LogP contribution in [0.2, 0.25) is 0 Å². The van der Waals surface area contributed by atoms with Gasteiger partial charge in [-0.05, 0) is 53.4 Å². The molecule has 4 aromatic rings. The van der Waals surface area contributed by atoms with Crippen LogP contribution in [0.25, 0.3) is 0 Å². The van der Waals surface area contributed by atoms with Gasteiger partial charge in [-0.1, -0.05) is 41.9 Å². The molecule has 2 aliphatic heterocycles. The van der Waals surface area contributed by atoms with E-state index in [1.165, 1.54) is 0 Å². The first-order valence-corrected chi connectivity index (χ1v) is 11.0. The fourth-order valence-corrected chi connectivity index (χ4v) is 4.47. The van der Waals surface area contributed by atoms with Crippen molar-refractivity contribution < 1.29 is 9.47 Å². The van der Waals surface area contributed by atoms with Crippen LogP contribution in [0, 0.1) is 0 Å². The molecule has 6 rings (SSSR count). The molecule has 1 aromatic heterocycles. The van der Waals surface area contributed by atoms with Gasteiger partial charge in [0.15, 0.2) is 0 Å². The second kappa shape index (κ2) is 8.06. The summed E-state index contributed by atoms with van der Waals surface area (Å²) >= 11 is 0. The summed E-state index contributed by atoms with van der Waals surface area (Å²) in [7, 11) is 2.07. The van der Waals surface area contributed by atoms with Gasteiger partial charge in [0.1, 0.15) is 17.2 Å². The van der Waals surface area contributed by atoms with E-state index >= 15 is 0 Å². The number of hydrogen-bond acceptors (Lipinski definition) is 5. The number of pyridine rings is 1. The van der Waals surface area contributed by atoms with E-state index in [2.05, 4.69) is 76.7 Å². The summed E-state index contributed by atoms with van der Waals surface area (Å²) in [4.78, 5) is 8.68. The van der Waals surface area contributed by atoms with Gasteiger partial charge in [-0.3, -0.25) is 0 Å². The zero-order valence-electron chi connectivity index (χ0n) is 18.3. The Kier molecular flexibility index (Phi) is 4.76. The molecule has 3 aromatic carbocycles. The average Bonchev–Trinajstić information content (AvgIpc) is 3.29. The molecule has 0 bridgehead atoms. The molecule has 0 amide bonds. The van der Waals surface area contributed by atoms with E-state index < -0.39 is 0 Å². The Morgan fingerprint density at radius 3 is 2.58 bits per heavy atom. The highest BCUT2D eigenvalue weighted by Crippen LogP contribution is 2.28. The van der Waals surface area contributed by atoms with Gasteiger partial charge in [-0.25, -0.2) is 4.98 Å². The lowest BCUT2D eigenvalue weighted by Crippen LogP contribution is -2.54. The summed E-state index contributed by atoms with van der Waals surface area (Å²) in [6.45, 7) is 0.857. The van der Waals surface area contributed by atoms with Gasteiger partial charge < -0.3 is 19.3 Å². The number of anilines is 1. The first-order valence-electron chi connectivity index (χ1n) is 11.0. The molecule has 0 saturated carbocycles. The molecule has 160 valence electrons. The maximum absolute atomic E-state index is 6.31. The second-order valence-electron chi connectivity index (χ2n) is 8.30. The summed E-state index contributed by atoms with van der Waals surface area (Å²) < 4.78 is 12.3. The molecular weight excluding hydrogens is 409 g/mol. The Balaban J connectivity index is 1.44. The van der Waals surface area contributed by atoms with Crippen molar-refractivity contribution in [2.75, 3.05) is 18.6 Å². The smallest absolute Gasteiger partial charge is 0.251 e. The average molecular weight is 431 g/mol. The summed E-state index contributed by atoms with van der Waals surface area (Å²) in [5.74, 6) is 3.11. The Morgan fingerprint density at radius 2 is 1.73 bits per heavy atom. The number of ether oxygens (including phenoxy) is 2. The number of rotatable bonds is 4. The van der Waals surface area contributed by atoms with Crippen molar-refractivity contribution >= 4 is 28.8 Å². The van der Waals surface area contributed by atoms with Crippen molar-refractivity contribution in [3.05, 3.63) is 104 Å². The van der Waals surface area contributed by atoms with E-state index in [-0.39, 0.29) is 6.71 Å². The molecule has 0 atom stereocenters. The van der Waals surface area contributed by atoms with Crippen molar-refractivity contribution in [2.24, 2.45) is 0 Å². The van der Waals surface area contributed by atoms with Crippen LogP contribution in [0.1, 0.15) is 0 Å². The summed E-state index contributed by atoms with van der Waals surface area (Å²) in [5, 5.41) is 0. The molecule has 0 saturated heterocycles. The lowest BCUT2D eigenvalue weighted by atomic mass is 9.36. The largest absolute Gasteiger partial charge is 0.458 e. The Hall–Kier alpha value is -4.19. The SMILES string of the molecule is CN1C=CN(c2ccc3c(c2)B(c2cccc(Oc4ccccn4)c2)c2ccccc2O3)C1. The van der Waals surface area contributed by atoms with Gasteiger partial charge in [-0.15, -0.1) is 0 Å². The maximum atomic E-state index is 6.31. The highest BCUT2D eigenvalue weighted by atomic mass is 16.5. The molecule has 0 spiro atoms. The van der Waals surface area contributed by atoms with E-state index in [0.29, 0.717) is 5.88 Å². The molecule has 0 unspecified atom stereocenters. The number of nitrogens with zero attached hydrogens (tertiary/aromatic N) is 3. The molecule has 0 radical (unpaired) electrons. The zero-order chi connectivity index (χ0) is 22.2. The lowest BCUT2D eigenvalue weighted by molar-refractivity contribution is 0.463. The standard InChI is InChI=1S/C27H22BN3O2/c1-30-15-16-31(19-30)21-12-13-26-24(18-21)28(23-9-2-3-10-25(23)33-26)20-7-6-8-22(17-20)32-27-11-4-5-14-29-27/h2-18H,19H2,1H3. The van der Waals surface area contributed by atoms with Crippen LogP contribution < -0.4 is 30.8 Å². The minimum atomic E-state index is 0.0292. The van der Waals surface area contributed by atoms with Crippen LogP contribution in [0.3, 0.4) is 0 Å². The summed E-state index contributed by atoms with van der Waals surface area (Å²) in [6, 6.07) is 28.6. The summed E-state index contributed by atoms with van der Waals surface area (Å²) in [6.07, 6.45) is 5.92. The number of aromatic nitrogens is 1. The van der Waals surface area contributed by atoms with E-state index in [1.54, 1.807) is 6.20 Å². The Labute approximate surface area is 193 Å². The monoisotopic (exact) mass is 431 g/mol. The third-order valence-electron chi connectivity index (χ3n) is 6.01. The number of para-hydroxylation sites is 1. The number of hydrogen-bond donors (Lipinski definition) is 0. The lowest BCUT2D eigenvalue weighted by Gasteiger charge is -2.28. The van der Waals surface area contributed by atoms with E-state index in [9.17, 15) is 0 Å². The highest BCUT2D eigenvalue weighted by molar-refractivity contribution is 6.97. The molecule has 0 N–H and O–H groups in total. The minimum absolute atomic E-state index is 0.0292. The van der Waals surface area contributed by atoms with Crippen molar-refractivity contribution in [3.63, 3.8) is 0 Å². The van der Waals surface area contributed by atoms with E-state index in [4.69, 9.17) is 9.47 Å². The van der Waals surface area contributed by atoms with Crippen LogP contribution in [0.15, 0.2) is 104 Å². The quantitative estimate of drug-likeness (QED) is 0.406. The topological polar surface area (TPSA) is 37.8 Å². The van der Waals surface area contributed by atoms with Crippen molar-refractivity contribution in [1.29, 1.82) is 0 Å². The third-order valence-corrected chi connectivity index (χ3v) is 6.01. The van der Waals surface area contributed by atoms with Crippen LogP contribution in [0.4, 0.5) is 5.69 Å². The predicted octanol–water partition coefficient (Wildman–Crippen LogP) is 3.68. The van der Waals surface area contributed by atoms with Gasteiger partial charge >= 0.3 is 0 Å². The van der Waals surface area contributed by atoms with E-state index in [1.807, 2.05) is 42.5 Å². The molecule has 3 heterocycles. The second-order valence-corrected chi connectivity index (χ2v) is 8.30. The first-order chi connectivity index (χ1) is 16.2. The normalized spacial score (nSPS) is 14.0. The van der Waals surface area contributed by atoms with Gasteiger partial charge in [-0.2, -0.15) is 0 Å². The van der Waals surface area contributed by atoms with Crippen LogP contribution in [-0.2, 0) is 0 Å². The molecule has 0 fully saturated rings. The fraction of sp³-hybridized carbons (Fsp3) is 0.0741. The molecule has 5 nitrogen and oxygen atoms in total. The van der Waals surface area contributed by atoms with Gasteiger partial charge in [0, 0.05) is 37.4 Å². The minimum Gasteiger partial charge on any atom is -0.458 e. The molecular formula is C27H22BN3O2. The number of fused-ring (bicyclic) bond motifs is 2. The maximum Gasteiger partial charge on any atom is 0.251 e. The highest BCUT2D eigenvalue weighted by Gasteiger charge is 2.33. The van der Waals surface area contributed by atoms with Crippen molar-refractivity contribution in [3.8, 4) is 23.1 Å². The van der Waals surface area contributed by atoms with Gasteiger partial charge in [0.25, 0.3) is 6.71 Å². The van der Waals surface area contributed by atoms with Crippen LogP contribution >= 0.6 is 0 Å². The van der Waals surface area contributed by atoms with Crippen molar-refractivity contribution in [1.82, 2.24) is 9.88 Å². The third kappa shape index (κ3) is 3.70. The molecule has 6 heteroatoms. The van der Waals surface area contributed by atoms with E-state index in [0.717, 1.165) is 46.0 Å². The van der Waals surface area contributed by atoms with Crippen molar-refractivity contribution in [2.45, 2.75) is 0 Å².